The minimum Gasteiger partial charge on any atom is -0.460 e. The van der Waals surface area contributed by atoms with Gasteiger partial charge in [-0.1, -0.05) is 6.58 Å². The topological polar surface area (TPSA) is 81.7 Å². The highest BCUT2D eigenvalue weighted by Gasteiger charge is 2.02. The number of esters is 1. The van der Waals surface area contributed by atoms with Crippen LogP contribution in [0.4, 0.5) is 0 Å². The Bertz CT molecular complexity index is 336. The first kappa shape index (κ1) is 15.1. The summed E-state index contributed by atoms with van der Waals surface area (Å²) in [6.45, 7) is 5.76. The normalized spacial score (nSPS) is 11.1. The third-order valence-electron chi connectivity index (χ3n) is 1.42. The van der Waals surface area contributed by atoms with E-state index in [-0.39, 0.29) is 26.4 Å². The molecule has 0 heterocycles. The Labute approximate surface area is 95.7 Å². The largest absolute Gasteiger partial charge is 0.460 e. The Morgan fingerprint density at radius 2 is 1.94 bits per heavy atom. The maximum absolute atomic E-state index is 10.9. The van der Waals surface area contributed by atoms with E-state index < -0.39 is 16.0 Å². The van der Waals surface area contributed by atoms with Gasteiger partial charge in [0.15, 0.2) is 0 Å². The molecule has 0 atom stereocenters. The molecule has 0 amide bonds. The lowest BCUT2D eigenvalue weighted by Gasteiger charge is -2.06. The summed E-state index contributed by atoms with van der Waals surface area (Å²) in [5.41, 5.74) is 0.332. The van der Waals surface area contributed by atoms with E-state index in [1.54, 1.807) is 6.92 Å². The summed E-state index contributed by atoms with van der Waals surface area (Å²) in [7, 11) is -3.17. The van der Waals surface area contributed by atoms with Crippen LogP contribution in [-0.2, 0) is 24.3 Å². The van der Waals surface area contributed by atoms with Crippen LogP contribution < -0.4 is 4.72 Å². The minimum atomic E-state index is -3.17. The lowest BCUT2D eigenvalue weighted by Crippen LogP contribution is -2.26. The second-order valence-corrected chi connectivity index (χ2v) is 5.03. The second kappa shape index (κ2) is 7.37. The van der Waals surface area contributed by atoms with Crippen molar-refractivity contribution in [2.45, 2.75) is 6.92 Å². The van der Waals surface area contributed by atoms with Crippen LogP contribution in [0.1, 0.15) is 6.92 Å². The van der Waals surface area contributed by atoms with Crippen LogP contribution in [0, 0.1) is 0 Å². The molecule has 16 heavy (non-hydrogen) atoms. The molecule has 0 spiro atoms. The van der Waals surface area contributed by atoms with Crippen molar-refractivity contribution < 1.29 is 22.7 Å². The standard InChI is InChI=1S/C9H17NO5S/c1-8(2)9(11)15-7-6-14-5-4-10-16(3,12)13/h10H,1,4-7H2,2-3H3. The molecule has 0 bridgehead atoms. The van der Waals surface area contributed by atoms with Crippen LogP contribution in [0.2, 0.25) is 0 Å². The van der Waals surface area contributed by atoms with E-state index in [0.29, 0.717) is 5.57 Å². The second-order valence-electron chi connectivity index (χ2n) is 3.20. The Morgan fingerprint density at radius 1 is 1.31 bits per heavy atom. The van der Waals surface area contributed by atoms with E-state index in [1.807, 2.05) is 0 Å². The van der Waals surface area contributed by atoms with Gasteiger partial charge < -0.3 is 9.47 Å². The minimum absolute atomic E-state index is 0.130. The third-order valence-corrected chi connectivity index (χ3v) is 2.15. The molecule has 0 unspecified atom stereocenters. The van der Waals surface area contributed by atoms with E-state index in [4.69, 9.17) is 9.47 Å². The zero-order valence-electron chi connectivity index (χ0n) is 9.49. The molecule has 0 saturated heterocycles. The Balaban J connectivity index is 3.35. The molecule has 0 aliphatic carbocycles. The van der Waals surface area contributed by atoms with Crippen LogP contribution in [0.15, 0.2) is 12.2 Å². The first-order valence-electron chi connectivity index (χ1n) is 4.68. The fourth-order valence-electron chi connectivity index (χ4n) is 0.718. The molecular formula is C9H17NO5S. The lowest BCUT2D eigenvalue weighted by molar-refractivity contribution is -0.140. The van der Waals surface area contributed by atoms with Gasteiger partial charge in [0.2, 0.25) is 10.0 Å². The van der Waals surface area contributed by atoms with Crippen molar-refractivity contribution in [2.75, 3.05) is 32.6 Å². The highest BCUT2D eigenvalue weighted by Crippen LogP contribution is 1.91. The number of ether oxygens (including phenoxy) is 2. The van der Waals surface area contributed by atoms with Crippen LogP contribution in [-0.4, -0.2) is 47.0 Å². The zero-order chi connectivity index (χ0) is 12.6. The number of carbonyl (C=O) groups is 1. The average Bonchev–Trinajstić information content (AvgIpc) is 2.14. The average molecular weight is 251 g/mol. The van der Waals surface area contributed by atoms with Gasteiger partial charge in [-0.2, -0.15) is 0 Å². The summed E-state index contributed by atoms with van der Waals surface area (Å²) >= 11 is 0. The highest BCUT2D eigenvalue weighted by atomic mass is 32.2. The number of nitrogens with one attached hydrogen (secondary N) is 1. The first-order valence-corrected chi connectivity index (χ1v) is 6.57. The zero-order valence-corrected chi connectivity index (χ0v) is 10.3. The summed E-state index contributed by atoms with van der Waals surface area (Å²) in [6, 6.07) is 0. The fraction of sp³-hybridized carbons (Fsp3) is 0.667. The van der Waals surface area contributed by atoms with E-state index >= 15 is 0 Å². The molecule has 0 aliphatic heterocycles. The molecule has 0 aromatic rings. The van der Waals surface area contributed by atoms with Gasteiger partial charge in [0.1, 0.15) is 6.61 Å². The molecule has 1 N–H and O–H groups in total. The summed E-state index contributed by atoms with van der Waals surface area (Å²) in [6.07, 6.45) is 1.07. The lowest BCUT2D eigenvalue weighted by atomic mass is 10.4. The van der Waals surface area contributed by atoms with Gasteiger partial charge in [-0.3, -0.25) is 0 Å². The van der Waals surface area contributed by atoms with Crippen molar-refractivity contribution in [2.24, 2.45) is 0 Å². The molecule has 7 heteroatoms. The molecule has 0 fully saturated rings. The predicted octanol–water partition coefficient (Wildman–Crippen LogP) is -0.328. The molecule has 6 nitrogen and oxygen atoms in total. The van der Waals surface area contributed by atoms with Crippen molar-refractivity contribution in [3.63, 3.8) is 0 Å². The summed E-state index contributed by atoms with van der Waals surface area (Å²) < 4.78 is 33.3. The number of carbonyl (C=O) groups excluding carboxylic acids is 1. The van der Waals surface area contributed by atoms with Gasteiger partial charge in [0.05, 0.1) is 19.5 Å². The molecule has 0 saturated carbocycles. The number of rotatable bonds is 8. The van der Waals surface area contributed by atoms with Gasteiger partial charge in [-0.15, -0.1) is 0 Å². The Hall–Kier alpha value is -0.920. The van der Waals surface area contributed by atoms with Gasteiger partial charge in [0.25, 0.3) is 0 Å². The molecule has 0 radical (unpaired) electrons. The van der Waals surface area contributed by atoms with Crippen molar-refractivity contribution in [1.29, 1.82) is 0 Å². The van der Waals surface area contributed by atoms with Crippen LogP contribution in [0.5, 0.6) is 0 Å². The molecule has 0 aromatic heterocycles. The molecule has 0 aliphatic rings. The number of sulfonamides is 1. The first-order chi connectivity index (χ1) is 7.33. The van der Waals surface area contributed by atoms with Crippen LogP contribution >= 0.6 is 0 Å². The molecular weight excluding hydrogens is 234 g/mol. The maximum Gasteiger partial charge on any atom is 0.333 e. The van der Waals surface area contributed by atoms with Crippen molar-refractivity contribution >= 4 is 16.0 Å². The number of hydrogen-bond donors (Lipinski definition) is 1. The van der Waals surface area contributed by atoms with Crippen molar-refractivity contribution in [3.8, 4) is 0 Å². The smallest absolute Gasteiger partial charge is 0.333 e. The Kier molecular flexibility index (Phi) is 6.95. The summed E-state index contributed by atoms with van der Waals surface area (Å²) in [5, 5.41) is 0. The van der Waals surface area contributed by atoms with Gasteiger partial charge >= 0.3 is 5.97 Å². The summed E-state index contributed by atoms with van der Waals surface area (Å²) in [4.78, 5) is 10.9. The van der Waals surface area contributed by atoms with E-state index in [2.05, 4.69) is 11.3 Å². The van der Waals surface area contributed by atoms with Gasteiger partial charge in [-0.25, -0.2) is 17.9 Å². The fourth-order valence-corrected chi connectivity index (χ4v) is 1.17. The molecule has 0 rings (SSSR count). The quantitative estimate of drug-likeness (QED) is 0.363. The van der Waals surface area contributed by atoms with Crippen LogP contribution in [0.3, 0.4) is 0 Å². The summed E-state index contributed by atoms with van der Waals surface area (Å²) in [5.74, 6) is -0.460. The van der Waals surface area contributed by atoms with Crippen molar-refractivity contribution in [1.82, 2.24) is 4.72 Å². The SMILES string of the molecule is C=C(C)C(=O)OCCOCCNS(C)(=O)=O. The van der Waals surface area contributed by atoms with Gasteiger partial charge in [0, 0.05) is 12.1 Å². The maximum atomic E-state index is 10.9. The van der Waals surface area contributed by atoms with Gasteiger partial charge in [-0.05, 0) is 6.92 Å². The monoisotopic (exact) mass is 251 g/mol. The van der Waals surface area contributed by atoms with Crippen LogP contribution in [0.25, 0.3) is 0 Å². The van der Waals surface area contributed by atoms with E-state index in [0.717, 1.165) is 6.26 Å². The molecule has 94 valence electrons. The van der Waals surface area contributed by atoms with E-state index in [9.17, 15) is 13.2 Å². The molecule has 0 aromatic carbocycles. The third kappa shape index (κ3) is 9.63. The van der Waals surface area contributed by atoms with Crippen molar-refractivity contribution in [3.05, 3.63) is 12.2 Å². The predicted molar refractivity (Wildman–Crippen MR) is 59.4 cm³/mol. The Morgan fingerprint density at radius 3 is 2.44 bits per heavy atom. The number of hydrogen-bond acceptors (Lipinski definition) is 5. The highest BCUT2D eigenvalue weighted by molar-refractivity contribution is 7.88. The van der Waals surface area contributed by atoms with E-state index in [1.165, 1.54) is 0 Å².